The van der Waals surface area contributed by atoms with Crippen molar-refractivity contribution < 1.29 is 17.9 Å². The highest BCUT2D eigenvalue weighted by molar-refractivity contribution is 7.92. The standard InChI is InChI=1S/C15H15N3O4S/c1-9-3-6-14(16-8-9)18-23(20,21)11-4-5-12-13(7-11)22-10(2)15(19)17-12/h3-8,10H,1-2H3,(H,16,18)(H,17,19)/t10-/m1/s1. The van der Waals surface area contributed by atoms with Gasteiger partial charge in [0.15, 0.2) is 6.10 Å². The lowest BCUT2D eigenvalue weighted by molar-refractivity contribution is -0.122. The molecule has 1 amide bonds. The Morgan fingerprint density at radius 2 is 2.04 bits per heavy atom. The summed E-state index contributed by atoms with van der Waals surface area (Å²) in [6, 6.07) is 7.62. The molecular formula is C15H15N3O4S. The van der Waals surface area contributed by atoms with Crippen molar-refractivity contribution in [1.82, 2.24) is 4.98 Å². The molecule has 1 aliphatic heterocycles. The first-order chi connectivity index (χ1) is 10.8. The number of amides is 1. The molecule has 1 aliphatic rings. The van der Waals surface area contributed by atoms with Gasteiger partial charge in [-0.15, -0.1) is 0 Å². The maximum Gasteiger partial charge on any atom is 0.265 e. The van der Waals surface area contributed by atoms with Crippen molar-refractivity contribution in [1.29, 1.82) is 0 Å². The predicted molar refractivity (Wildman–Crippen MR) is 84.9 cm³/mol. The Kier molecular flexibility index (Phi) is 3.69. The van der Waals surface area contributed by atoms with Crippen molar-refractivity contribution in [2.75, 3.05) is 10.0 Å². The molecule has 0 aliphatic carbocycles. The minimum atomic E-state index is -3.80. The Labute approximate surface area is 133 Å². The molecule has 23 heavy (non-hydrogen) atoms. The van der Waals surface area contributed by atoms with Crippen molar-refractivity contribution in [2.45, 2.75) is 24.8 Å². The fraction of sp³-hybridized carbons (Fsp3) is 0.200. The van der Waals surface area contributed by atoms with Crippen LogP contribution in [0.15, 0.2) is 41.4 Å². The van der Waals surface area contributed by atoms with Crippen LogP contribution in [0.1, 0.15) is 12.5 Å². The second kappa shape index (κ2) is 5.54. The quantitative estimate of drug-likeness (QED) is 0.894. The van der Waals surface area contributed by atoms with Gasteiger partial charge in [-0.25, -0.2) is 13.4 Å². The number of nitrogens with zero attached hydrogens (tertiary/aromatic N) is 1. The SMILES string of the molecule is Cc1ccc(NS(=O)(=O)c2ccc3c(c2)O[C@H](C)C(=O)N3)nc1. The zero-order valence-corrected chi connectivity index (χ0v) is 13.3. The minimum absolute atomic E-state index is 0.0296. The molecule has 120 valence electrons. The third-order valence-electron chi connectivity index (χ3n) is 3.34. The van der Waals surface area contributed by atoms with Crippen LogP contribution in [-0.2, 0) is 14.8 Å². The molecule has 1 atom stereocenters. The molecule has 1 aromatic heterocycles. The van der Waals surface area contributed by atoms with E-state index in [0.717, 1.165) is 5.56 Å². The molecule has 7 nitrogen and oxygen atoms in total. The molecule has 1 aromatic carbocycles. The van der Waals surface area contributed by atoms with Gasteiger partial charge in [0.05, 0.1) is 10.6 Å². The average Bonchev–Trinajstić information content (AvgIpc) is 2.50. The first-order valence-electron chi connectivity index (χ1n) is 6.92. The van der Waals surface area contributed by atoms with Gasteiger partial charge < -0.3 is 10.1 Å². The van der Waals surface area contributed by atoms with Gasteiger partial charge in [-0.1, -0.05) is 6.07 Å². The van der Waals surface area contributed by atoms with Crippen molar-refractivity contribution in [2.24, 2.45) is 0 Å². The summed E-state index contributed by atoms with van der Waals surface area (Å²) in [6.45, 7) is 3.45. The van der Waals surface area contributed by atoms with Gasteiger partial charge in [-0.2, -0.15) is 0 Å². The molecule has 2 N–H and O–H groups in total. The Morgan fingerprint density at radius 3 is 2.74 bits per heavy atom. The number of pyridine rings is 1. The van der Waals surface area contributed by atoms with Crippen molar-refractivity contribution in [3.8, 4) is 5.75 Å². The average molecular weight is 333 g/mol. The number of benzene rings is 1. The maximum atomic E-state index is 12.4. The number of sulfonamides is 1. The highest BCUT2D eigenvalue weighted by Gasteiger charge is 2.25. The second-order valence-electron chi connectivity index (χ2n) is 5.23. The molecule has 2 aromatic rings. The van der Waals surface area contributed by atoms with Crippen LogP contribution in [-0.4, -0.2) is 25.4 Å². The number of carbonyl (C=O) groups excluding carboxylic acids is 1. The summed E-state index contributed by atoms with van der Waals surface area (Å²) in [5.74, 6) is 0.280. The second-order valence-corrected chi connectivity index (χ2v) is 6.92. The van der Waals surface area contributed by atoms with Crippen LogP contribution >= 0.6 is 0 Å². The van der Waals surface area contributed by atoms with Crippen molar-refractivity contribution in [3.63, 3.8) is 0 Å². The Bertz CT molecular complexity index is 863. The molecular weight excluding hydrogens is 318 g/mol. The number of rotatable bonds is 3. The number of aryl methyl sites for hydroxylation is 1. The van der Waals surface area contributed by atoms with Crippen LogP contribution in [0.4, 0.5) is 11.5 Å². The number of hydrogen-bond donors (Lipinski definition) is 2. The van der Waals surface area contributed by atoms with Gasteiger partial charge in [-0.3, -0.25) is 9.52 Å². The topological polar surface area (TPSA) is 97.4 Å². The summed E-state index contributed by atoms with van der Waals surface area (Å²) in [4.78, 5) is 15.6. The highest BCUT2D eigenvalue weighted by Crippen LogP contribution is 2.32. The summed E-state index contributed by atoms with van der Waals surface area (Å²) in [5.41, 5.74) is 1.38. The van der Waals surface area contributed by atoms with Gasteiger partial charge in [-0.05, 0) is 37.6 Å². The molecule has 0 fully saturated rings. The molecule has 0 saturated heterocycles. The summed E-state index contributed by atoms with van der Waals surface area (Å²) in [7, 11) is -3.80. The zero-order chi connectivity index (χ0) is 16.6. The van der Waals surface area contributed by atoms with E-state index in [2.05, 4.69) is 15.0 Å². The van der Waals surface area contributed by atoms with Crippen LogP contribution in [0.5, 0.6) is 5.75 Å². The molecule has 0 radical (unpaired) electrons. The summed E-state index contributed by atoms with van der Waals surface area (Å²) >= 11 is 0. The van der Waals surface area contributed by atoms with Gasteiger partial charge in [0.25, 0.3) is 15.9 Å². The number of fused-ring (bicyclic) bond motifs is 1. The first kappa shape index (κ1) is 15.3. The largest absolute Gasteiger partial charge is 0.479 e. The van der Waals surface area contributed by atoms with E-state index in [4.69, 9.17) is 4.74 Å². The minimum Gasteiger partial charge on any atom is -0.479 e. The van der Waals surface area contributed by atoms with E-state index in [1.807, 2.05) is 6.92 Å². The van der Waals surface area contributed by atoms with Crippen LogP contribution in [0, 0.1) is 6.92 Å². The third kappa shape index (κ3) is 3.11. The van der Waals surface area contributed by atoms with E-state index in [9.17, 15) is 13.2 Å². The van der Waals surface area contributed by atoms with E-state index in [-0.39, 0.29) is 16.6 Å². The number of nitrogens with one attached hydrogen (secondary N) is 2. The van der Waals surface area contributed by atoms with Crippen molar-refractivity contribution >= 4 is 27.4 Å². The highest BCUT2D eigenvalue weighted by atomic mass is 32.2. The maximum absolute atomic E-state index is 12.4. The molecule has 0 saturated carbocycles. The number of ether oxygens (including phenoxy) is 1. The van der Waals surface area contributed by atoms with Crippen LogP contribution in [0.3, 0.4) is 0 Å². The predicted octanol–water partition coefficient (Wildman–Crippen LogP) is 1.91. The first-order valence-corrected chi connectivity index (χ1v) is 8.40. The molecule has 8 heteroatoms. The fourth-order valence-corrected chi connectivity index (χ4v) is 3.10. The smallest absolute Gasteiger partial charge is 0.265 e. The molecule has 0 spiro atoms. The van der Waals surface area contributed by atoms with E-state index >= 15 is 0 Å². The Morgan fingerprint density at radius 1 is 1.26 bits per heavy atom. The Hall–Kier alpha value is -2.61. The number of carbonyl (C=O) groups is 1. The van der Waals surface area contributed by atoms with E-state index < -0.39 is 16.1 Å². The molecule has 3 rings (SSSR count). The monoisotopic (exact) mass is 333 g/mol. The summed E-state index contributed by atoms with van der Waals surface area (Å²) in [6.07, 6.45) is 0.901. The van der Waals surface area contributed by atoms with Gasteiger partial charge in [0.1, 0.15) is 11.6 Å². The fourth-order valence-electron chi connectivity index (χ4n) is 2.07. The summed E-state index contributed by atoms with van der Waals surface area (Å²) in [5, 5.41) is 2.65. The van der Waals surface area contributed by atoms with Crippen molar-refractivity contribution in [3.05, 3.63) is 42.1 Å². The number of aromatic nitrogens is 1. The summed E-state index contributed by atoms with van der Waals surface area (Å²) < 4.78 is 32.7. The number of hydrogen-bond acceptors (Lipinski definition) is 5. The lowest BCUT2D eigenvalue weighted by Crippen LogP contribution is -2.34. The zero-order valence-electron chi connectivity index (χ0n) is 12.5. The van der Waals surface area contributed by atoms with Crippen LogP contribution in [0.25, 0.3) is 0 Å². The molecule has 0 bridgehead atoms. The van der Waals surface area contributed by atoms with Gasteiger partial charge >= 0.3 is 0 Å². The number of anilines is 2. The third-order valence-corrected chi connectivity index (χ3v) is 4.70. The van der Waals surface area contributed by atoms with E-state index in [1.165, 1.54) is 18.2 Å². The van der Waals surface area contributed by atoms with Gasteiger partial charge in [0.2, 0.25) is 0 Å². The van der Waals surface area contributed by atoms with Gasteiger partial charge in [0, 0.05) is 12.3 Å². The van der Waals surface area contributed by atoms with Crippen LogP contribution < -0.4 is 14.8 Å². The lowest BCUT2D eigenvalue weighted by Gasteiger charge is -2.23. The van der Waals surface area contributed by atoms with Crippen LogP contribution in [0.2, 0.25) is 0 Å². The normalized spacial score (nSPS) is 17.0. The Balaban J connectivity index is 1.90. The van der Waals surface area contributed by atoms with E-state index in [0.29, 0.717) is 11.4 Å². The molecule has 2 heterocycles. The molecule has 0 unspecified atom stereocenters. The lowest BCUT2D eigenvalue weighted by atomic mass is 10.2. The van der Waals surface area contributed by atoms with E-state index in [1.54, 1.807) is 25.3 Å².